The van der Waals surface area contributed by atoms with Gasteiger partial charge in [-0.25, -0.2) is 8.78 Å². The predicted octanol–water partition coefficient (Wildman–Crippen LogP) is 2.48. The summed E-state index contributed by atoms with van der Waals surface area (Å²) in [4.78, 5) is 0. The van der Waals surface area contributed by atoms with E-state index in [-0.39, 0.29) is 5.92 Å². The molecule has 2 heteroatoms. The van der Waals surface area contributed by atoms with Crippen LogP contribution in [0.3, 0.4) is 0 Å². The maximum absolute atomic E-state index is 12.6. The fourth-order valence-corrected chi connectivity index (χ4v) is 1.31. The highest BCUT2D eigenvalue weighted by Crippen LogP contribution is 2.28. The zero-order valence-corrected chi connectivity index (χ0v) is 5.61. The Morgan fingerprint density at radius 2 is 1.89 bits per heavy atom. The molecule has 1 aliphatic rings. The SMILES string of the molecule is CC1CCCC(F)[C@H]1F. The van der Waals surface area contributed by atoms with Gasteiger partial charge in [-0.05, 0) is 18.8 Å². The fourth-order valence-electron chi connectivity index (χ4n) is 1.31. The average molecular weight is 134 g/mol. The van der Waals surface area contributed by atoms with E-state index in [2.05, 4.69) is 0 Å². The van der Waals surface area contributed by atoms with Gasteiger partial charge in [0.2, 0.25) is 0 Å². The summed E-state index contributed by atoms with van der Waals surface area (Å²) in [5.74, 6) is -0.0613. The van der Waals surface area contributed by atoms with Crippen molar-refractivity contribution in [1.82, 2.24) is 0 Å². The van der Waals surface area contributed by atoms with Crippen molar-refractivity contribution in [2.75, 3.05) is 0 Å². The van der Waals surface area contributed by atoms with Crippen LogP contribution in [0.4, 0.5) is 8.78 Å². The van der Waals surface area contributed by atoms with Crippen molar-refractivity contribution in [1.29, 1.82) is 0 Å². The quantitative estimate of drug-likeness (QED) is 0.477. The Balaban J connectivity index is 2.41. The van der Waals surface area contributed by atoms with E-state index in [1.807, 2.05) is 0 Å². The van der Waals surface area contributed by atoms with Crippen LogP contribution in [-0.4, -0.2) is 12.3 Å². The molecule has 1 aliphatic carbocycles. The molecule has 1 fully saturated rings. The third-order valence-corrected chi connectivity index (χ3v) is 2.03. The maximum atomic E-state index is 12.6. The zero-order chi connectivity index (χ0) is 6.85. The van der Waals surface area contributed by atoms with Crippen LogP contribution >= 0.6 is 0 Å². The minimum Gasteiger partial charge on any atom is -0.244 e. The van der Waals surface area contributed by atoms with Crippen molar-refractivity contribution in [3.63, 3.8) is 0 Å². The minimum atomic E-state index is -1.20. The molecule has 0 bridgehead atoms. The molecule has 0 aliphatic heterocycles. The molecule has 9 heavy (non-hydrogen) atoms. The highest BCUT2D eigenvalue weighted by atomic mass is 19.2. The molecule has 0 nitrogen and oxygen atoms in total. The molecule has 3 atom stereocenters. The summed E-state index contributed by atoms with van der Waals surface area (Å²) in [6.45, 7) is 1.77. The molecule has 0 aromatic rings. The van der Waals surface area contributed by atoms with Crippen molar-refractivity contribution in [2.24, 2.45) is 5.92 Å². The van der Waals surface area contributed by atoms with Gasteiger partial charge in [-0.3, -0.25) is 0 Å². The predicted molar refractivity (Wildman–Crippen MR) is 32.8 cm³/mol. The minimum absolute atomic E-state index is 0.0613. The van der Waals surface area contributed by atoms with Gasteiger partial charge in [-0.2, -0.15) is 0 Å². The maximum Gasteiger partial charge on any atom is 0.134 e. The van der Waals surface area contributed by atoms with Crippen LogP contribution in [0.15, 0.2) is 0 Å². The first-order valence-electron chi connectivity index (χ1n) is 3.50. The van der Waals surface area contributed by atoms with Crippen LogP contribution in [0.2, 0.25) is 0 Å². The van der Waals surface area contributed by atoms with Gasteiger partial charge < -0.3 is 0 Å². The lowest BCUT2D eigenvalue weighted by molar-refractivity contribution is 0.0752. The Morgan fingerprint density at radius 1 is 1.22 bits per heavy atom. The Kier molecular flexibility index (Phi) is 2.04. The Hall–Kier alpha value is -0.140. The molecule has 0 N–H and O–H groups in total. The second kappa shape index (κ2) is 2.63. The van der Waals surface area contributed by atoms with Crippen molar-refractivity contribution < 1.29 is 8.78 Å². The molecule has 0 spiro atoms. The van der Waals surface area contributed by atoms with Gasteiger partial charge >= 0.3 is 0 Å². The Labute approximate surface area is 54.3 Å². The fraction of sp³-hybridized carbons (Fsp3) is 1.00. The van der Waals surface area contributed by atoms with Gasteiger partial charge in [-0.15, -0.1) is 0 Å². The van der Waals surface area contributed by atoms with Crippen molar-refractivity contribution >= 4 is 0 Å². The second-order valence-corrected chi connectivity index (χ2v) is 2.87. The summed E-state index contributed by atoms with van der Waals surface area (Å²) < 4.78 is 25.0. The Morgan fingerprint density at radius 3 is 2.33 bits per heavy atom. The van der Waals surface area contributed by atoms with Crippen LogP contribution in [-0.2, 0) is 0 Å². The lowest BCUT2D eigenvalue weighted by atomic mass is 9.88. The van der Waals surface area contributed by atoms with E-state index in [9.17, 15) is 8.78 Å². The van der Waals surface area contributed by atoms with Gasteiger partial charge in [0.05, 0.1) is 0 Å². The van der Waals surface area contributed by atoms with Crippen LogP contribution in [0.5, 0.6) is 0 Å². The zero-order valence-electron chi connectivity index (χ0n) is 5.61. The molecule has 0 aromatic heterocycles. The standard InChI is InChI=1S/C7H12F2/c1-5-3-2-4-6(8)7(5)9/h5-7H,2-4H2,1H3/t5?,6?,7-/m0/s1. The summed E-state index contributed by atoms with van der Waals surface area (Å²) in [5.41, 5.74) is 0. The second-order valence-electron chi connectivity index (χ2n) is 2.87. The molecular weight excluding hydrogens is 122 g/mol. The van der Waals surface area contributed by atoms with Gasteiger partial charge in [0.25, 0.3) is 0 Å². The van der Waals surface area contributed by atoms with E-state index in [4.69, 9.17) is 0 Å². The highest BCUT2D eigenvalue weighted by molar-refractivity contribution is 4.78. The number of rotatable bonds is 0. The average Bonchev–Trinajstić information content (AvgIpc) is 1.83. The lowest BCUT2D eigenvalue weighted by Crippen LogP contribution is -2.29. The van der Waals surface area contributed by atoms with Crippen LogP contribution in [0, 0.1) is 5.92 Å². The monoisotopic (exact) mass is 134 g/mol. The summed E-state index contributed by atoms with van der Waals surface area (Å²) in [5, 5.41) is 0. The highest BCUT2D eigenvalue weighted by Gasteiger charge is 2.29. The molecule has 0 heterocycles. The van der Waals surface area contributed by atoms with E-state index >= 15 is 0 Å². The molecule has 0 aromatic carbocycles. The number of hydrogen-bond donors (Lipinski definition) is 0. The largest absolute Gasteiger partial charge is 0.244 e. The van der Waals surface area contributed by atoms with Gasteiger partial charge in [0.15, 0.2) is 0 Å². The summed E-state index contributed by atoms with van der Waals surface area (Å²) in [6.07, 6.45) is -0.261. The van der Waals surface area contributed by atoms with Crippen LogP contribution in [0.25, 0.3) is 0 Å². The van der Waals surface area contributed by atoms with Crippen LogP contribution in [0.1, 0.15) is 26.2 Å². The van der Waals surface area contributed by atoms with E-state index in [1.165, 1.54) is 0 Å². The molecule has 2 unspecified atom stereocenters. The molecular formula is C7H12F2. The van der Waals surface area contributed by atoms with Gasteiger partial charge in [-0.1, -0.05) is 13.3 Å². The first-order valence-corrected chi connectivity index (χ1v) is 3.50. The van der Waals surface area contributed by atoms with E-state index in [1.54, 1.807) is 6.92 Å². The molecule has 0 saturated heterocycles. The third-order valence-electron chi connectivity index (χ3n) is 2.03. The first kappa shape index (κ1) is 6.97. The number of halogens is 2. The van der Waals surface area contributed by atoms with Crippen molar-refractivity contribution in [3.8, 4) is 0 Å². The van der Waals surface area contributed by atoms with Gasteiger partial charge in [0, 0.05) is 0 Å². The first-order chi connectivity index (χ1) is 4.22. The van der Waals surface area contributed by atoms with E-state index in [0.29, 0.717) is 6.42 Å². The van der Waals surface area contributed by atoms with Crippen molar-refractivity contribution in [2.45, 2.75) is 38.5 Å². The van der Waals surface area contributed by atoms with Gasteiger partial charge in [0.1, 0.15) is 12.3 Å². The topological polar surface area (TPSA) is 0 Å². The number of alkyl halides is 2. The van der Waals surface area contributed by atoms with Crippen LogP contribution < -0.4 is 0 Å². The third kappa shape index (κ3) is 1.41. The lowest BCUT2D eigenvalue weighted by Gasteiger charge is -2.25. The molecule has 1 rings (SSSR count). The summed E-state index contributed by atoms with van der Waals surface area (Å²) in [6, 6.07) is 0. The van der Waals surface area contributed by atoms with Crippen molar-refractivity contribution in [3.05, 3.63) is 0 Å². The molecule has 54 valence electrons. The van der Waals surface area contributed by atoms with E-state index < -0.39 is 12.3 Å². The van der Waals surface area contributed by atoms with E-state index in [0.717, 1.165) is 12.8 Å². The number of hydrogen-bond acceptors (Lipinski definition) is 0. The summed E-state index contributed by atoms with van der Waals surface area (Å²) in [7, 11) is 0. The Bertz CT molecular complexity index is 82.9. The normalized spacial score (nSPS) is 45.0. The summed E-state index contributed by atoms with van der Waals surface area (Å²) >= 11 is 0. The molecule has 0 amide bonds. The smallest absolute Gasteiger partial charge is 0.134 e. The molecule has 0 radical (unpaired) electrons. The molecule has 1 saturated carbocycles.